The molecule has 0 spiro atoms. The van der Waals surface area contributed by atoms with E-state index < -0.39 is 12.0 Å². The van der Waals surface area contributed by atoms with Gasteiger partial charge in [-0.2, -0.15) is 0 Å². The average molecular weight is 278 g/mol. The average Bonchev–Trinajstić information content (AvgIpc) is 2.65. The molecule has 1 saturated heterocycles. The second-order valence-electron chi connectivity index (χ2n) is 5.95. The molecule has 2 heterocycles. The molecule has 0 aromatic heterocycles. The first-order valence-corrected chi connectivity index (χ1v) is 7.06. The lowest BCUT2D eigenvalue weighted by atomic mass is 9.92. The van der Waals surface area contributed by atoms with E-state index in [0.717, 1.165) is 19.4 Å². The van der Waals surface area contributed by atoms with E-state index in [2.05, 4.69) is 19.2 Å². The van der Waals surface area contributed by atoms with Crippen LogP contribution in [0.4, 0.5) is 15.8 Å². The number of halogens is 1. The van der Waals surface area contributed by atoms with Crippen LogP contribution in [0.25, 0.3) is 0 Å². The second kappa shape index (κ2) is 4.74. The van der Waals surface area contributed by atoms with E-state index in [-0.39, 0.29) is 11.9 Å². The van der Waals surface area contributed by atoms with Gasteiger partial charge in [-0.1, -0.05) is 6.92 Å². The number of aliphatic hydroxyl groups is 1. The molecule has 0 radical (unpaired) electrons. The Kier molecular flexibility index (Phi) is 3.17. The van der Waals surface area contributed by atoms with Crippen LogP contribution in [-0.4, -0.2) is 23.6 Å². The van der Waals surface area contributed by atoms with E-state index in [9.17, 15) is 14.3 Å². The maximum Gasteiger partial charge on any atom is 0.257 e. The van der Waals surface area contributed by atoms with Gasteiger partial charge in [0, 0.05) is 23.8 Å². The molecule has 0 saturated carbocycles. The van der Waals surface area contributed by atoms with Crippen molar-refractivity contribution in [2.45, 2.75) is 38.8 Å². The third-order valence-electron chi connectivity index (χ3n) is 4.37. The molecule has 1 fully saturated rings. The molecule has 2 aliphatic rings. The van der Waals surface area contributed by atoms with Crippen molar-refractivity contribution in [1.29, 1.82) is 0 Å². The van der Waals surface area contributed by atoms with Crippen molar-refractivity contribution in [2.24, 2.45) is 5.92 Å². The predicted molar refractivity (Wildman–Crippen MR) is 75.2 cm³/mol. The quantitative estimate of drug-likeness (QED) is 0.829. The van der Waals surface area contributed by atoms with E-state index in [1.54, 1.807) is 6.07 Å². The lowest BCUT2D eigenvalue weighted by Crippen LogP contribution is -2.40. The zero-order valence-corrected chi connectivity index (χ0v) is 11.7. The van der Waals surface area contributed by atoms with Gasteiger partial charge >= 0.3 is 0 Å². The molecule has 108 valence electrons. The van der Waals surface area contributed by atoms with Gasteiger partial charge in [0.2, 0.25) is 0 Å². The minimum Gasteiger partial charge on any atom is -0.378 e. The lowest BCUT2D eigenvalue weighted by Gasteiger charge is -2.38. The highest BCUT2D eigenvalue weighted by molar-refractivity contribution is 6.02. The molecule has 5 heteroatoms. The van der Waals surface area contributed by atoms with Crippen LogP contribution in [0.5, 0.6) is 0 Å². The topological polar surface area (TPSA) is 52.6 Å². The van der Waals surface area contributed by atoms with Crippen LogP contribution >= 0.6 is 0 Å². The molecule has 1 aromatic rings. The Morgan fingerprint density at radius 2 is 2.15 bits per heavy atom. The number of carbonyl (C=O) groups is 1. The van der Waals surface area contributed by atoms with Crippen molar-refractivity contribution in [3.63, 3.8) is 0 Å². The fourth-order valence-corrected chi connectivity index (χ4v) is 3.24. The molecular formula is C15H19FN2O2. The molecular weight excluding hydrogens is 259 g/mol. The number of aliphatic hydroxyl groups excluding tert-OH is 1. The summed E-state index contributed by atoms with van der Waals surface area (Å²) in [4.78, 5) is 13.5. The Morgan fingerprint density at radius 1 is 1.40 bits per heavy atom. The maximum absolute atomic E-state index is 14.3. The number of nitrogens with zero attached hydrogens (tertiary/aromatic N) is 1. The van der Waals surface area contributed by atoms with Gasteiger partial charge in [-0.15, -0.1) is 0 Å². The molecule has 0 bridgehead atoms. The summed E-state index contributed by atoms with van der Waals surface area (Å²) in [5, 5.41) is 12.3. The van der Waals surface area contributed by atoms with Crippen LogP contribution in [0.3, 0.4) is 0 Å². The minimum absolute atomic E-state index is 0.272. The third kappa shape index (κ3) is 2.06. The number of amides is 1. The summed E-state index contributed by atoms with van der Waals surface area (Å²) >= 11 is 0. The van der Waals surface area contributed by atoms with Crippen molar-refractivity contribution in [1.82, 2.24) is 0 Å². The smallest absolute Gasteiger partial charge is 0.257 e. The minimum atomic E-state index is -1.26. The van der Waals surface area contributed by atoms with Crippen LogP contribution < -0.4 is 10.2 Å². The Morgan fingerprint density at radius 3 is 2.85 bits per heavy atom. The van der Waals surface area contributed by atoms with Crippen molar-refractivity contribution in [3.8, 4) is 0 Å². The molecule has 2 N–H and O–H groups in total. The number of fused-ring (bicyclic) bond motifs is 1. The van der Waals surface area contributed by atoms with Crippen LogP contribution in [0, 0.1) is 11.7 Å². The standard InChI is InChI=1S/C15H19FN2O2/c1-8-3-4-18(9(2)5-8)13-7-12-10(6-11(13)16)14(19)15(20)17-12/h6-9,14,19H,3-5H2,1-2H3,(H,17,20). The molecule has 0 aliphatic carbocycles. The van der Waals surface area contributed by atoms with E-state index in [4.69, 9.17) is 0 Å². The molecule has 2 aliphatic heterocycles. The third-order valence-corrected chi connectivity index (χ3v) is 4.37. The SMILES string of the molecule is CC1CCN(c2cc3c(cc2F)C(O)C(=O)N3)C(C)C1. The number of nitrogens with one attached hydrogen (secondary N) is 1. The zero-order valence-electron chi connectivity index (χ0n) is 11.7. The number of hydrogen-bond donors (Lipinski definition) is 2. The van der Waals surface area contributed by atoms with Gasteiger partial charge in [-0.3, -0.25) is 4.79 Å². The van der Waals surface area contributed by atoms with Gasteiger partial charge in [-0.25, -0.2) is 4.39 Å². The summed E-state index contributed by atoms with van der Waals surface area (Å²) in [7, 11) is 0. The Bertz CT molecular complexity index is 561. The van der Waals surface area contributed by atoms with E-state index in [1.807, 2.05) is 4.90 Å². The first kappa shape index (κ1) is 13.4. The van der Waals surface area contributed by atoms with Crippen LogP contribution in [0.1, 0.15) is 38.4 Å². The molecule has 1 aromatic carbocycles. The fraction of sp³-hybridized carbons (Fsp3) is 0.533. The molecule has 4 nitrogen and oxygen atoms in total. The summed E-state index contributed by atoms with van der Waals surface area (Å²) in [6, 6.07) is 3.19. The van der Waals surface area contributed by atoms with Gasteiger partial charge in [0.1, 0.15) is 5.82 Å². The highest BCUT2D eigenvalue weighted by atomic mass is 19.1. The van der Waals surface area contributed by atoms with Crippen LogP contribution in [0.2, 0.25) is 0 Å². The van der Waals surface area contributed by atoms with Gasteiger partial charge in [0.15, 0.2) is 6.10 Å². The normalized spacial score (nSPS) is 29.3. The van der Waals surface area contributed by atoms with Crippen molar-refractivity contribution < 1.29 is 14.3 Å². The van der Waals surface area contributed by atoms with Gasteiger partial charge in [0.25, 0.3) is 5.91 Å². The number of rotatable bonds is 1. The molecule has 3 atom stereocenters. The molecule has 1 amide bonds. The van der Waals surface area contributed by atoms with Gasteiger partial charge in [-0.05, 0) is 37.8 Å². The van der Waals surface area contributed by atoms with Gasteiger partial charge < -0.3 is 15.3 Å². The Hall–Kier alpha value is -1.62. The largest absolute Gasteiger partial charge is 0.378 e. The summed E-state index contributed by atoms with van der Waals surface area (Å²) in [5.74, 6) is -0.210. The number of hydrogen-bond acceptors (Lipinski definition) is 3. The predicted octanol–water partition coefficient (Wildman–Crippen LogP) is 2.44. The Labute approximate surface area is 117 Å². The van der Waals surface area contributed by atoms with E-state index >= 15 is 0 Å². The van der Waals surface area contributed by atoms with E-state index in [1.165, 1.54) is 6.07 Å². The first-order chi connectivity index (χ1) is 9.47. The Balaban J connectivity index is 1.96. The number of piperidine rings is 1. The van der Waals surface area contributed by atoms with Crippen LogP contribution in [-0.2, 0) is 4.79 Å². The van der Waals surface area contributed by atoms with Crippen LogP contribution in [0.15, 0.2) is 12.1 Å². The van der Waals surface area contributed by atoms with Gasteiger partial charge in [0.05, 0.1) is 5.69 Å². The summed E-state index contributed by atoms with van der Waals surface area (Å²) < 4.78 is 14.3. The summed E-state index contributed by atoms with van der Waals surface area (Å²) in [5.41, 5.74) is 1.36. The number of carbonyl (C=O) groups excluding carboxylic acids is 1. The molecule has 20 heavy (non-hydrogen) atoms. The highest BCUT2D eigenvalue weighted by Gasteiger charge is 2.32. The summed E-state index contributed by atoms with van der Waals surface area (Å²) in [6.45, 7) is 5.12. The second-order valence-corrected chi connectivity index (χ2v) is 5.95. The summed E-state index contributed by atoms with van der Waals surface area (Å²) in [6.07, 6.45) is 0.814. The monoisotopic (exact) mass is 278 g/mol. The van der Waals surface area contributed by atoms with Crippen molar-refractivity contribution >= 4 is 17.3 Å². The van der Waals surface area contributed by atoms with E-state index in [0.29, 0.717) is 22.9 Å². The van der Waals surface area contributed by atoms with Crippen molar-refractivity contribution in [2.75, 3.05) is 16.8 Å². The molecule has 3 rings (SSSR count). The number of anilines is 2. The first-order valence-electron chi connectivity index (χ1n) is 7.06. The van der Waals surface area contributed by atoms with Crippen molar-refractivity contribution in [3.05, 3.63) is 23.5 Å². The highest BCUT2D eigenvalue weighted by Crippen LogP contribution is 2.38. The maximum atomic E-state index is 14.3. The molecule has 3 unspecified atom stereocenters. The zero-order chi connectivity index (χ0) is 14.4. The number of benzene rings is 1. The lowest BCUT2D eigenvalue weighted by molar-refractivity contribution is -0.123. The fourth-order valence-electron chi connectivity index (χ4n) is 3.24.